The van der Waals surface area contributed by atoms with Crippen LogP contribution in [0.5, 0.6) is 5.75 Å². The highest BCUT2D eigenvalue weighted by Gasteiger charge is 2.31. The summed E-state index contributed by atoms with van der Waals surface area (Å²) in [6.07, 6.45) is 0. The molecule has 0 spiro atoms. The smallest absolute Gasteiger partial charge is 0.332 e. The molecule has 1 atom stereocenters. The van der Waals surface area contributed by atoms with Gasteiger partial charge >= 0.3 is 6.03 Å². The first-order valence-corrected chi connectivity index (χ1v) is 10.2. The first-order chi connectivity index (χ1) is 15.8. The standard InChI is InChI=1S/C23H22N4O5S/c1-15-8-6-7-11-18(15)24-22(28)21(16-9-4-3-5-10-16)26(33)23(29)25-19-13-12-17(32-2)14-20(19)27(30)31/h3-14,21,33H,1-2H3,(H,24,28)(H,25,29). The van der Waals surface area contributed by atoms with Gasteiger partial charge in [-0.2, -0.15) is 0 Å². The number of ether oxygens (including phenoxy) is 1. The Morgan fingerprint density at radius 3 is 2.30 bits per heavy atom. The molecule has 170 valence electrons. The number of carbonyl (C=O) groups is 2. The molecule has 3 rings (SSSR count). The van der Waals surface area contributed by atoms with Crippen LogP contribution < -0.4 is 15.4 Å². The van der Waals surface area contributed by atoms with Crippen LogP contribution in [0, 0.1) is 17.0 Å². The van der Waals surface area contributed by atoms with E-state index in [1.807, 2.05) is 19.1 Å². The molecule has 0 fully saturated rings. The Bertz CT molecular complexity index is 1170. The number of carbonyl (C=O) groups excluding carboxylic acids is 2. The molecule has 9 nitrogen and oxygen atoms in total. The predicted molar refractivity (Wildman–Crippen MR) is 128 cm³/mol. The summed E-state index contributed by atoms with van der Waals surface area (Å²) in [5.74, 6) is -0.230. The van der Waals surface area contributed by atoms with E-state index in [2.05, 4.69) is 23.4 Å². The van der Waals surface area contributed by atoms with Crippen molar-refractivity contribution in [1.29, 1.82) is 0 Å². The van der Waals surface area contributed by atoms with Crippen molar-refractivity contribution in [3.05, 3.63) is 94.0 Å². The van der Waals surface area contributed by atoms with Crippen molar-refractivity contribution >= 4 is 41.8 Å². The number of rotatable bonds is 7. The zero-order valence-electron chi connectivity index (χ0n) is 17.9. The fraction of sp³-hybridized carbons (Fsp3) is 0.130. The second kappa shape index (κ2) is 10.5. The van der Waals surface area contributed by atoms with Gasteiger partial charge in [0.15, 0.2) is 0 Å². The van der Waals surface area contributed by atoms with Crippen LogP contribution in [0.1, 0.15) is 17.2 Å². The molecule has 0 aliphatic carbocycles. The van der Waals surface area contributed by atoms with Crippen molar-refractivity contribution in [1.82, 2.24) is 4.31 Å². The van der Waals surface area contributed by atoms with Crippen LogP contribution in [0.2, 0.25) is 0 Å². The molecule has 0 aliphatic heterocycles. The fourth-order valence-electron chi connectivity index (χ4n) is 3.14. The summed E-state index contributed by atoms with van der Waals surface area (Å²) in [7, 11) is 1.38. The topological polar surface area (TPSA) is 114 Å². The Morgan fingerprint density at radius 2 is 1.67 bits per heavy atom. The van der Waals surface area contributed by atoms with Crippen molar-refractivity contribution in [2.75, 3.05) is 17.7 Å². The van der Waals surface area contributed by atoms with Gasteiger partial charge in [-0.25, -0.2) is 4.79 Å². The van der Waals surface area contributed by atoms with E-state index in [1.165, 1.54) is 25.3 Å². The minimum absolute atomic E-state index is 0.0593. The quantitative estimate of drug-likeness (QED) is 0.258. The summed E-state index contributed by atoms with van der Waals surface area (Å²) >= 11 is 4.28. The fourth-order valence-corrected chi connectivity index (χ4v) is 3.43. The molecule has 2 N–H and O–H groups in total. The Morgan fingerprint density at radius 1 is 1.00 bits per heavy atom. The molecule has 33 heavy (non-hydrogen) atoms. The Kier molecular flexibility index (Phi) is 7.52. The molecule has 10 heteroatoms. The van der Waals surface area contributed by atoms with Crippen molar-refractivity contribution in [2.45, 2.75) is 13.0 Å². The number of urea groups is 1. The second-order valence-electron chi connectivity index (χ2n) is 7.03. The summed E-state index contributed by atoms with van der Waals surface area (Å²) in [6, 6.07) is 17.9. The molecule has 0 aromatic heterocycles. The summed E-state index contributed by atoms with van der Waals surface area (Å²) in [5, 5.41) is 16.7. The minimum atomic E-state index is -1.12. The number of methoxy groups -OCH3 is 1. The lowest BCUT2D eigenvalue weighted by atomic mass is 10.1. The molecule has 1 unspecified atom stereocenters. The van der Waals surface area contributed by atoms with E-state index < -0.39 is 22.9 Å². The molecule has 0 aliphatic rings. The summed E-state index contributed by atoms with van der Waals surface area (Å²) in [6.45, 7) is 1.85. The molecule has 0 saturated heterocycles. The minimum Gasteiger partial charge on any atom is -0.496 e. The molecule has 3 aromatic carbocycles. The number of hydrogen-bond acceptors (Lipinski definition) is 6. The number of amides is 3. The molecular weight excluding hydrogens is 444 g/mol. The normalized spacial score (nSPS) is 11.2. The highest BCUT2D eigenvalue weighted by atomic mass is 32.1. The van der Waals surface area contributed by atoms with Gasteiger partial charge in [-0.05, 0) is 36.2 Å². The second-order valence-corrected chi connectivity index (χ2v) is 7.46. The van der Waals surface area contributed by atoms with E-state index in [4.69, 9.17) is 4.74 Å². The van der Waals surface area contributed by atoms with E-state index in [-0.39, 0.29) is 17.1 Å². The maximum atomic E-state index is 13.2. The number of para-hydroxylation sites is 1. The van der Waals surface area contributed by atoms with Gasteiger partial charge in [0.25, 0.3) is 11.6 Å². The van der Waals surface area contributed by atoms with Crippen molar-refractivity contribution in [3.63, 3.8) is 0 Å². The SMILES string of the molecule is COc1ccc(NC(=O)N(S)C(C(=O)Nc2ccccc2C)c2ccccc2)c([N+](=O)[O-])c1. The number of nitro benzene ring substituents is 1. The molecular formula is C23H22N4O5S. The first kappa shape index (κ1) is 23.6. The zero-order valence-corrected chi connectivity index (χ0v) is 18.8. The summed E-state index contributed by atoms with van der Waals surface area (Å²) in [5.41, 5.74) is 1.54. The van der Waals surface area contributed by atoms with Gasteiger partial charge in [0.2, 0.25) is 0 Å². The number of benzene rings is 3. The van der Waals surface area contributed by atoms with Crippen LogP contribution in [-0.2, 0) is 4.79 Å². The van der Waals surface area contributed by atoms with E-state index in [0.717, 1.165) is 9.87 Å². The van der Waals surface area contributed by atoms with Crippen molar-refractivity contribution in [2.24, 2.45) is 0 Å². The Labute approximate surface area is 196 Å². The van der Waals surface area contributed by atoms with Crippen LogP contribution in [-0.4, -0.2) is 28.3 Å². The summed E-state index contributed by atoms with van der Waals surface area (Å²) in [4.78, 5) is 37.0. The third kappa shape index (κ3) is 5.60. The third-order valence-electron chi connectivity index (χ3n) is 4.86. The summed E-state index contributed by atoms with van der Waals surface area (Å²) < 4.78 is 5.91. The monoisotopic (exact) mass is 466 g/mol. The van der Waals surface area contributed by atoms with Crippen LogP contribution in [0.3, 0.4) is 0 Å². The van der Waals surface area contributed by atoms with Crippen LogP contribution in [0.15, 0.2) is 72.8 Å². The van der Waals surface area contributed by atoms with Crippen LogP contribution >= 0.6 is 12.8 Å². The number of aryl methyl sites for hydroxylation is 1. The third-order valence-corrected chi connectivity index (χ3v) is 5.28. The van der Waals surface area contributed by atoms with Gasteiger partial charge in [0.1, 0.15) is 17.5 Å². The van der Waals surface area contributed by atoms with Crippen molar-refractivity contribution < 1.29 is 19.2 Å². The number of nitrogens with zero attached hydrogens (tertiary/aromatic N) is 2. The van der Waals surface area contributed by atoms with E-state index in [9.17, 15) is 19.7 Å². The maximum absolute atomic E-state index is 13.2. The lowest BCUT2D eigenvalue weighted by molar-refractivity contribution is -0.384. The average Bonchev–Trinajstić information content (AvgIpc) is 2.81. The highest BCUT2D eigenvalue weighted by Crippen LogP contribution is 2.31. The van der Waals surface area contributed by atoms with E-state index in [1.54, 1.807) is 42.5 Å². The lowest BCUT2D eigenvalue weighted by Crippen LogP contribution is -2.38. The van der Waals surface area contributed by atoms with Gasteiger partial charge in [0, 0.05) is 5.69 Å². The van der Waals surface area contributed by atoms with Gasteiger partial charge in [-0.1, -0.05) is 61.3 Å². The predicted octanol–water partition coefficient (Wildman–Crippen LogP) is 4.97. The first-order valence-electron chi connectivity index (χ1n) is 9.84. The Balaban J connectivity index is 1.90. The molecule has 0 saturated carbocycles. The highest BCUT2D eigenvalue weighted by molar-refractivity contribution is 7.78. The Hall–Kier alpha value is -4.05. The lowest BCUT2D eigenvalue weighted by Gasteiger charge is -2.26. The molecule has 0 radical (unpaired) electrons. The number of hydrogen-bond donors (Lipinski definition) is 3. The van der Waals surface area contributed by atoms with E-state index >= 15 is 0 Å². The largest absolute Gasteiger partial charge is 0.496 e. The number of anilines is 2. The van der Waals surface area contributed by atoms with Gasteiger partial charge in [0.05, 0.1) is 18.1 Å². The van der Waals surface area contributed by atoms with Gasteiger partial charge < -0.3 is 15.4 Å². The molecule has 3 amide bonds. The average molecular weight is 467 g/mol. The molecule has 0 heterocycles. The van der Waals surface area contributed by atoms with Gasteiger partial charge in [-0.3, -0.25) is 19.2 Å². The molecule has 3 aromatic rings. The zero-order chi connectivity index (χ0) is 24.0. The molecule has 0 bridgehead atoms. The van der Waals surface area contributed by atoms with Crippen LogP contribution in [0.4, 0.5) is 21.9 Å². The maximum Gasteiger partial charge on any atom is 0.332 e. The number of thiol groups is 1. The van der Waals surface area contributed by atoms with E-state index in [0.29, 0.717) is 11.3 Å². The number of nitro groups is 1. The van der Waals surface area contributed by atoms with Gasteiger partial charge in [-0.15, -0.1) is 0 Å². The van der Waals surface area contributed by atoms with Crippen molar-refractivity contribution in [3.8, 4) is 5.75 Å². The number of nitrogens with one attached hydrogen (secondary N) is 2. The van der Waals surface area contributed by atoms with Crippen LogP contribution in [0.25, 0.3) is 0 Å².